The molecule has 1 heterocycles. The van der Waals surface area contributed by atoms with Crippen LogP contribution in [0.15, 0.2) is 27.4 Å². The van der Waals surface area contributed by atoms with Crippen molar-refractivity contribution < 1.29 is 4.42 Å². The average Bonchev–Trinajstić information content (AvgIpc) is 3.19. The van der Waals surface area contributed by atoms with E-state index in [0.717, 1.165) is 12.1 Å². The number of aryl methyl sites for hydroxylation is 1. The lowest BCUT2D eigenvalue weighted by Crippen LogP contribution is -2.30. The SMILES string of the molecule is CNC(CNC1CC1)c1ccc2oc(=O)n(C)c2c1. The van der Waals surface area contributed by atoms with E-state index in [1.807, 2.05) is 25.2 Å². The number of nitrogens with one attached hydrogen (secondary N) is 2. The van der Waals surface area contributed by atoms with Gasteiger partial charge in [-0.3, -0.25) is 4.57 Å². The summed E-state index contributed by atoms with van der Waals surface area (Å²) in [5.41, 5.74) is 2.65. The lowest BCUT2D eigenvalue weighted by Gasteiger charge is -2.17. The number of oxazole rings is 1. The molecule has 0 spiro atoms. The Kier molecular flexibility index (Phi) is 3.16. The van der Waals surface area contributed by atoms with E-state index in [-0.39, 0.29) is 11.8 Å². The molecule has 1 aliphatic rings. The Morgan fingerprint density at radius 1 is 1.47 bits per heavy atom. The van der Waals surface area contributed by atoms with Crippen molar-refractivity contribution in [2.75, 3.05) is 13.6 Å². The van der Waals surface area contributed by atoms with Gasteiger partial charge in [0.2, 0.25) is 0 Å². The monoisotopic (exact) mass is 261 g/mol. The molecule has 1 fully saturated rings. The summed E-state index contributed by atoms with van der Waals surface area (Å²) in [6.07, 6.45) is 2.57. The van der Waals surface area contributed by atoms with Gasteiger partial charge in [0.1, 0.15) is 0 Å². The van der Waals surface area contributed by atoms with Gasteiger partial charge in [-0.15, -0.1) is 0 Å². The van der Waals surface area contributed by atoms with Gasteiger partial charge in [0.25, 0.3) is 0 Å². The summed E-state index contributed by atoms with van der Waals surface area (Å²) in [5.74, 6) is -0.315. The predicted octanol–water partition coefficient (Wildman–Crippen LogP) is 1.14. The number of hydrogen-bond donors (Lipinski definition) is 2. The Hall–Kier alpha value is -1.59. The fourth-order valence-electron chi connectivity index (χ4n) is 2.32. The number of fused-ring (bicyclic) bond motifs is 1. The van der Waals surface area contributed by atoms with Gasteiger partial charge >= 0.3 is 5.76 Å². The van der Waals surface area contributed by atoms with Gasteiger partial charge in [-0.2, -0.15) is 0 Å². The molecule has 0 saturated heterocycles. The highest BCUT2D eigenvalue weighted by Crippen LogP contribution is 2.22. The molecule has 19 heavy (non-hydrogen) atoms. The maximum atomic E-state index is 11.5. The van der Waals surface area contributed by atoms with Crippen LogP contribution < -0.4 is 16.4 Å². The smallest absolute Gasteiger partial charge is 0.408 e. The molecule has 102 valence electrons. The summed E-state index contributed by atoms with van der Waals surface area (Å²) in [4.78, 5) is 11.5. The molecule has 5 heteroatoms. The van der Waals surface area contributed by atoms with Crippen molar-refractivity contribution in [1.29, 1.82) is 0 Å². The minimum atomic E-state index is -0.315. The molecule has 1 aliphatic carbocycles. The Morgan fingerprint density at radius 2 is 2.26 bits per heavy atom. The first-order chi connectivity index (χ1) is 9.19. The van der Waals surface area contributed by atoms with Gasteiger partial charge < -0.3 is 15.1 Å². The molecule has 0 aliphatic heterocycles. The molecule has 5 nitrogen and oxygen atoms in total. The van der Waals surface area contributed by atoms with Crippen LogP contribution in [0.4, 0.5) is 0 Å². The first-order valence-corrected chi connectivity index (χ1v) is 6.69. The number of nitrogens with zero attached hydrogens (tertiary/aromatic N) is 1. The number of likely N-dealkylation sites (N-methyl/N-ethyl adjacent to an activating group) is 1. The van der Waals surface area contributed by atoms with Crippen LogP contribution in [-0.2, 0) is 7.05 Å². The van der Waals surface area contributed by atoms with E-state index in [2.05, 4.69) is 10.6 Å². The van der Waals surface area contributed by atoms with Crippen LogP contribution in [0, 0.1) is 0 Å². The lowest BCUT2D eigenvalue weighted by atomic mass is 10.1. The van der Waals surface area contributed by atoms with Crippen LogP contribution in [0.1, 0.15) is 24.4 Å². The zero-order valence-electron chi connectivity index (χ0n) is 11.3. The third-order valence-corrected chi connectivity index (χ3v) is 3.75. The van der Waals surface area contributed by atoms with Gasteiger partial charge in [0.15, 0.2) is 5.58 Å². The Labute approximate surface area is 111 Å². The van der Waals surface area contributed by atoms with Crippen molar-refractivity contribution in [3.8, 4) is 0 Å². The van der Waals surface area contributed by atoms with Gasteiger partial charge in [-0.25, -0.2) is 4.79 Å². The van der Waals surface area contributed by atoms with Gasteiger partial charge in [0.05, 0.1) is 5.52 Å². The molecular formula is C14H19N3O2. The minimum absolute atomic E-state index is 0.245. The zero-order chi connectivity index (χ0) is 13.4. The van der Waals surface area contributed by atoms with E-state index >= 15 is 0 Å². The minimum Gasteiger partial charge on any atom is -0.408 e. The molecule has 2 N–H and O–H groups in total. The third kappa shape index (κ3) is 2.43. The maximum absolute atomic E-state index is 11.5. The van der Waals surface area contributed by atoms with E-state index in [1.165, 1.54) is 18.4 Å². The van der Waals surface area contributed by atoms with Crippen molar-refractivity contribution in [2.45, 2.75) is 24.9 Å². The normalized spacial score (nSPS) is 16.9. The Bertz CT molecular complexity index is 640. The first-order valence-electron chi connectivity index (χ1n) is 6.69. The molecule has 1 aromatic heterocycles. The summed E-state index contributed by atoms with van der Waals surface area (Å²) in [5, 5.41) is 6.83. The molecule has 1 aromatic carbocycles. The van der Waals surface area contributed by atoms with E-state index in [4.69, 9.17) is 4.42 Å². The molecule has 1 atom stereocenters. The van der Waals surface area contributed by atoms with Gasteiger partial charge in [-0.05, 0) is 37.6 Å². The fraction of sp³-hybridized carbons (Fsp3) is 0.500. The Balaban J connectivity index is 1.88. The van der Waals surface area contributed by atoms with E-state index in [0.29, 0.717) is 11.6 Å². The van der Waals surface area contributed by atoms with Crippen LogP contribution in [0.5, 0.6) is 0 Å². The summed E-state index contributed by atoms with van der Waals surface area (Å²) in [6.45, 7) is 0.901. The van der Waals surface area contributed by atoms with Crippen LogP contribution in [0.25, 0.3) is 11.1 Å². The van der Waals surface area contributed by atoms with Crippen molar-refractivity contribution in [3.05, 3.63) is 34.3 Å². The van der Waals surface area contributed by atoms with Crippen LogP contribution in [0.2, 0.25) is 0 Å². The van der Waals surface area contributed by atoms with Gasteiger partial charge in [0, 0.05) is 25.7 Å². The molecule has 3 rings (SSSR count). The molecular weight excluding hydrogens is 242 g/mol. The van der Waals surface area contributed by atoms with Gasteiger partial charge in [-0.1, -0.05) is 6.07 Å². The zero-order valence-corrected chi connectivity index (χ0v) is 11.3. The van der Waals surface area contributed by atoms with E-state index in [9.17, 15) is 4.79 Å². The van der Waals surface area contributed by atoms with Crippen LogP contribution in [-0.4, -0.2) is 24.2 Å². The second kappa shape index (κ2) is 4.83. The maximum Gasteiger partial charge on any atom is 0.419 e. The van der Waals surface area contributed by atoms with Crippen molar-refractivity contribution in [2.24, 2.45) is 7.05 Å². The number of rotatable bonds is 5. The predicted molar refractivity (Wildman–Crippen MR) is 74.3 cm³/mol. The topological polar surface area (TPSA) is 59.2 Å². The molecule has 0 bridgehead atoms. The molecule has 0 amide bonds. The van der Waals surface area contributed by atoms with Crippen LogP contribution in [0.3, 0.4) is 0 Å². The second-order valence-corrected chi connectivity index (χ2v) is 5.18. The Morgan fingerprint density at radius 3 is 2.95 bits per heavy atom. The first kappa shape index (κ1) is 12.4. The van der Waals surface area contributed by atoms with Crippen molar-refractivity contribution in [1.82, 2.24) is 15.2 Å². The highest BCUT2D eigenvalue weighted by Gasteiger charge is 2.22. The van der Waals surface area contributed by atoms with Crippen molar-refractivity contribution >= 4 is 11.1 Å². The number of aromatic nitrogens is 1. The molecule has 1 unspecified atom stereocenters. The quantitative estimate of drug-likeness (QED) is 0.847. The number of benzene rings is 1. The lowest BCUT2D eigenvalue weighted by molar-refractivity contribution is 0.525. The largest absolute Gasteiger partial charge is 0.419 e. The molecule has 2 aromatic rings. The van der Waals surface area contributed by atoms with Crippen LogP contribution >= 0.6 is 0 Å². The summed E-state index contributed by atoms with van der Waals surface area (Å²) in [6, 6.07) is 6.85. The van der Waals surface area contributed by atoms with Crippen molar-refractivity contribution in [3.63, 3.8) is 0 Å². The second-order valence-electron chi connectivity index (χ2n) is 5.18. The highest BCUT2D eigenvalue weighted by atomic mass is 16.4. The summed E-state index contributed by atoms with van der Waals surface area (Å²) in [7, 11) is 3.69. The summed E-state index contributed by atoms with van der Waals surface area (Å²) >= 11 is 0. The molecule has 0 radical (unpaired) electrons. The number of hydrogen-bond acceptors (Lipinski definition) is 4. The van der Waals surface area contributed by atoms with E-state index < -0.39 is 0 Å². The fourth-order valence-corrected chi connectivity index (χ4v) is 2.32. The molecule has 1 saturated carbocycles. The standard InChI is InChI=1S/C14H19N3O2/c1-15-11(8-16-10-4-5-10)9-3-6-13-12(7-9)17(2)14(18)19-13/h3,6-7,10-11,15-16H,4-5,8H2,1-2H3. The van der Waals surface area contributed by atoms with E-state index in [1.54, 1.807) is 11.6 Å². The highest BCUT2D eigenvalue weighted by molar-refractivity contribution is 5.73. The third-order valence-electron chi connectivity index (χ3n) is 3.75. The summed E-state index contributed by atoms with van der Waals surface area (Å²) < 4.78 is 6.69. The average molecular weight is 261 g/mol.